The molecule has 6 heteroatoms. The van der Waals surface area contributed by atoms with Gasteiger partial charge in [-0.15, -0.1) is 0 Å². The molecule has 1 fully saturated rings. The number of nitrogens with one attached hydrogen (secondary N) is 2. The van der Waals surface area contributed by atoms with E-state index in [1.165, 1.54) is 18.2 Å². The smallest absolute Gasteiger partial charge is 0.274 e. The zero-order valence-electron chi connectivity index (χ0n) is 13.8. The standard InChI is InChI=1S/C19H18FN3O2/c1-12(22-23-19(25)16-4-2-3-5-17(16)20)13-8-10-15(11-9-13)21-18(24)14-6-7-14/h2-5,8-11,14H,6-7H2,1H3,(H,21,24)(H,23,25)/b22-12-. The van der Waals surface area contributed by atoms with Crippen molar-refractivity contribution in [2.75, 3.05) is 5.32 Å². The Morgan fingerprint density at radius 1 is 1.08 bits per heavy atom. The molecule has 128 valence electrons. The molecule has 0 saturated heterocycles. The molecule has 0 aliphatic heterocycles. The molecule has 1 aliphatic carbocycles. The molecule has 0 aromatic heterocycles. The summed E-state index contributed by atoms with van der Waals surface area (Å²) in [6.07, 6.45) is 1.91. The van der Waals surface area contributed by atoms with Crippen LogP contribution in [0.1, 0.15) is 35.7 Å². The molecule has 25 heavy (non-hydrogen) atoms. The van der Waals surface area contributed by atoms with Gasteiger partial charge in [-0.05, 0) is 49.6 Å². The predicted octanol–water partition coefficient (Wildman–Crippen LogP) is 3.33. The van der Waals surface area contributed by atoms with Gasteiger partial charge in [0.1, 0.15) is 5.82 Å². The molecule has 1 aliphatic rings. The lowest BCUT2D eigenvalue weighted by Gasteiger charge is -2.06. The fourth-order valence-electron chi connectivity index (χ4n) is 2.29. The summed E-state index contributed by atoms with van der Waals surface area (Å²) in [5.74, 6) is -0.999. The van der Waals surface area contributed by atoms with Crippen molar-refractivity contribution in [2.45, 2.75) is 19.8 Å². The molecule has 3 rings (SSSR count). The number of hydrazone groups is 1. The zero-order chi connectivity index (χ0) is 17.8. The van der Waals surface area contributed by atoms with E-state index in [0.29, 0.717) is 5.71 Å². The average Bonchev–Trinajstić information content (AvgIpc) is 3.45. The molecule has 0 heterocycles. The first-order chi connectivity index (χ1) is 12.0. The normalized spacial score (nSPS) is 14.1. The molecule has 0 bridgehead atoms. The van der Waals surface area contributed by atoms with Crippen LogP contribution < -0.4 is 10.7 Å². The van der Waals surface area contributed by atoms with Gasteiger partial charge in [0.2, 0.25) is 5.91 Å². The van der Waals surface area contributed by atoms with Crippen LogP contribution in [0.4, 0.5) is 10.1 Å². The van der Waals surface area contributed by atoms with Gasteiger partial charge in [-0.3, -0.25) is 9.59 Å². The van der Waals surface area contributed by atoms with Crippen LogP contribution in [0.2, 0.25) is 0 Å². The third kappa shape index (κ3) is 4.29. The maximum absolute atomic E-state index is 13.6. The van der Waals surface area contributed by atoms with Gasteiger partial charge in [-0.2, -0.15) is 5.10 Å². The summed E-state index contributed by atoms with van der Waals surface area (Å²) in [4.78, 5) is 23.7. The molecule has 0 spiro atoms. The van der Waals surface area contributed by atoms with E-state index in [2.05, 4.69) is 15.8 Å². The van der Waals surface area contributed by atoms with Gasteiger partial charge < -0.3 is 5.32 Å². The predicted molar refractivity (Wildman–Crippen MR) is 93.9 cm³/mol. The summed E-state index contributed by atoms with van der Waals surface area (Å²) < 4.78 is 13.6. The Hall–Kier alpha value is -3.02. The van der Waals surface area contributed by atoms with E-state index in [1.54, 1.807) is 37.3 Å². The van der Waals surface area contributed by atoms with Crippen molar-refractivity contribution in [1.82, 2.24) is 5.43 Å². The first-order valence-corrected chi connectivity index (χ1v) is 8.05. The van der Waals surface area contributed by atoms with Crippen LogP contribution in [0, 0.1) is 11.7 Å². The summed E-state index contributed by atoms with van der Waals surface area (Å²) in [6, 6.07) is 12.9. The number of anilines is 1. The summed E-state index contributed by atoms with van der Waals surface area (Å²) in [7, 11) is 0. The van der Waals surface area contributed by atoms with E-state index >= 15 is 0 Å². The van der Waals surface area contributed by atoms with Crippen molar-refractivity contribution in [3.8, 4) is 0 Å². The molecule has 2 amide bonds. The topological polar surface area (TPSA) is 70.6 Å². The largest absolute Gasteiger partial charge is 0.326 e. The van der Waals surface area contributed by atoms with Crippen LogP contribution in [0.5, 0.6) is 0 Å². The van der Waals surface area contributed by atoms with E-state index < -0.39 is 11.7 Å². The van der Waals surface area contributed by atoms with Crippen molar-refractivity contribution in [1.29, 1.82) is 0 Å². The van der Waals surface area contributed by atoms with Crippen molar-refractivity contribution in [3.05, 3.63) is 65.5 Å². The molecule has 2 aromatic rings. The molecule has 5 nitrogen and oxygen atoms in total. The minimum absolute atomic E-state index is 0.0512. The van der Waals surface area contributed by atoms with Gasteiger partial charge in [0.05, 0.1) is 11.3 Å². The SMILES string of the molecule is C/C(=N/NC(=O)c1ccccc1F)c1ccc(NC(=O)C2CC2)cc1. The number of hydrogen-bond donors (Lipinski definition) is 2. The fourth-order valence-corrected chi connectivity index (χ4v) is 2.29. The summed E-state index contributed by atoms with van der Waals surface area (Å²) in [5.41, 5.74) is 4.38. The highest BCUT2D eigenvalue weighted by Gasteiger charge is 2.29. The Morgan fingerprint density at radius 2 is 1.76 bits per heavy atom. The second-order valence-electron chi connectivity index (χ2n) is 5.96. The van der Waals surface area contributed by atoms with Gasteiger partial charge >= 0.3 is 0 Å². The van der Waals surface area contributed by atoms with E-state index in [9.17, 15) is 14.0 Å². The monoisotopic (exact) mass is 339 g/mol. The highest BCUT2D eigenvalue weighted by molar-refractivity contribution is 6.01. The van der Waals surface area contributed by atoms with Crippen molar-refractivity contribution >= 4 is 23.2 Å². The zero-order valence-corrected chi connectivity index (χ0v) is 13.8. The molecular weight excluding hydrogens is 321 g/mol. The first-order valence-electron chi connectivity index (χ1n) is 8.05. The lowest BCUT2D eigenvalue weighted by atomic mass is 10.1. The highest BCUT2D eigenvalue weighted by Crippen LogP contribution is 2.30. The van der Waals surface area contributed by atoms with E-state index in [1.807, 2.05) is 0 Å². The number of amides is 2. The van der Waals surface area contributed by atoms with Gasteiger partial charge in [-0.25, -0.2) is 9.82 Å². The van der Waals surface area contributed by atoms with Crippen LogP contribution in [-0.2, 0) is 4.79 Å². The minimum atomic E-state index is -0.606. The summed E-state index contributed by atoms with van der Waals surface area (Å²) >= 11 is 0. The maximum Gasteiger partial charge on any atom is 0.274 e. The third-order valence-corrected chi connectivity index (χ3v) is 3.96. The van der Waals surface area contributed by atoms with Crippen LogP contribution >= 0.6 is 0 Å². The van der Waals surface area contributed by atoms with Crippen LogP contribution in [0.25, 0.3) is 0 Å². The Morgan fingerprint density at radius 3 is 2.40 bits per heavy atom. The molecule has 0 atom stereocenters. The maximum atomic E-state index is 13.6. The Balaban J connectivity index is 1.62. The van der Waals surface area contributed by atoms with Crippen LogP contribution in [0.3, 0.4) is 0 Å². The van der Waals surface area contributed by atoms with Gasteiger partial charge in [0.25, 0.3) is 5.91 Å². The molecule has 0 radical (unpaired) electrons. The third-order valence-electron chi connectivity index (χ3n) is 3.96. The number of benzene rings is 2. The number of carbonyl (C=O) groups excluding carboxylic acids is 2. The highest BCUT2D eigenvalue weighted by atomic mass is 19.1. The number of rotatable bonds is 5. The summed E-state index contributed by atoms with van der Waals surface area (Å²) in [6.45, 7) is 1.74. The molecule has 1 saturated carbocycles. The minimum Gasteiger partial charge on any atom is -0.326 e. The lowest BCUT2D eigenvalue weighted by molar-refractivity contribution is -0.117. The Bertz CT molecular complexity index is 827. The summed E-state index contributed by atoms with van der Waals surface area (Å²) in [5, 5.41) is 6.86. The van der Waals surface area contributed by atoms with Gasteiger partial charge in [-0.1, -0.05) is 24.3 Å². The Labute approximate surface area is 144 Å². The quantitative estimate of drug-likeness (QED) is 0.648. The molecule has 2 N–H and O–H groups in total. The Kier molecular flexibility index (Phi) is 4.88. The molecular formula is C19H18FN3O2. The second kappa shape index (κ2) is 7.25. The lowest BCUT2D eigenvalue weighted by Crippen LogP contribution is -2.20. The fraction of sp³-hybridized carbons (Fsp3) is 0.211. The van der Waals surface area contributed by atoms with E-state index in [4.69, 9.17) is 0 Å². The molecule has 0 unspecified atom stereocenters. The van der Waals surface area contributed by atoms with Crippen LogP contribution in [-0.4, -0.2) is 17.5 Å². The average molecular weight is 339 g/mol. The van der Waals surface area contributed by atoms with E-state index in [0.717, 1.165) is 24.1 Å². The van der Waals surface area contributed by atoms with E-state index in [-0.39, 0.29) is 17.4 Å². The van der Waals surface area contributed by atoms with Gasteiger partial charge in [0.15, 0.2) is 0 Å². The van der Waals surface area contributed by atoms with Crippen molar-refractivity contribution < 1.29 is 14.0 Å². The van der Waals surface area contributed by atoms with Crippen molar-refractivity contribution in [2.24, 2.45) is 11.0 Å². The number of nitrogens with zero attached hydrogens (tertiary/aromatic N) is 1. The molecule has 2 aromatic carbocycles. The number of carbonyl (C=O) groups is 2. The van der Waals surface area contributed by atoms with Crippen molar-refractivity contribution in [3.63, 3.8) is 0 Å². The second-order valence-corrected chi connectivity index (χ2v) is 5.96. The van der Waals surface area contributed by atoms with Crippen LogP contribution in [0.15, 0.2) is 53.6 Å². The number of halogens is 1. The number of hydrogen-bond acceptors (Lipinski definition) is 3. The first kappa shape index (κ1) is 16.8. The van der Waals surface area contributed by atoms with Gasteiger partial charge in [0, 0.05) is 11.6 Å².